The van der Waals surface area contributed by atoms with Gasteiger partial charge in [0.1, 0.15) is 5.75 Å². The van der Waals surface area contributed by atoms with Crippen molar-refractivity contribution in [2.45, 2.75) is 32.4 Å². The van der Waals surface area contributed by atoms with E-state index < -0.39 is 5.60 Å². The van der Waals surface area contributed by atoms with Gasteiger partial charge in [-0.3, -0.25) is 4.79 Å². The first kappa shape index (κ1) is 14.4. The number of carbonyl (C=O) groups is 1. The molecule has 0 fully saturated rings. The molecule has 1 heterocycles. The minimum atomic E-state index is -0.877. The van der Waals surface area contributed by atoms with Crippen LogP contribution in [0.2, 0.25) is 0 Å². The molecule has 108 valence electrons. The molecule has 1 amide bonds. The summed E-state index contributed by atoms with van der Waals surface area (Å²) in [7, 11) is 3.39. The zero-order valence-electron chi connectivity index (χ0n) is 12.3. The van der Waals surface area contributed by atoms with Gasteiger partial charge in [-0.15, -0.1) is 0 Å². The highest BCUT2D eigenvalue weighted by Crippen LogP contribution is 2.26. The summed E-state index contributed by atoms with van der Waals surface area (Å²) in [6, 6.07) is 7.67. The second kappa shape index (κ2) is 5.53. The predicted octanol–water partition coefficient (Wildman–Crippen LogP) is 2.21. The van der Waals surface area contributed by atoms with Crippen molar-refractivity contribution < 1.29 is 14.4 Å². The predicted molar refractivity (Wildman–Crippen MR) is 76.7 cm³/mol. The Hall–Kier alpha value is -2.04. The van der Waals surface area contributed by atoms with Crippen LogP contribution in [0.3, 0.4) is 0 Å². The van der Waals surface area contributed by atoms with Crippen LogP contribution in [0.4, 0.5) is 0 Å². The van der Waals surface area contributed by atoms with Crippen molar-refractivity contribution >= 4 is 11.6 Å². The molecule has 2 rings (SSSR count). The van der Waals surface area contributed by atoms with Gasteiger partial charge in [0, 0.05) is 20.0 Å². The normalized spacial score (nSPS) is 21.1. The van der Waals surface area contributed by atoms with Crippen LogP contribution in [0.1, 0.15) is 25.8 Å². The van der Waals surface area contributed by atoms with Crippen molar-refractivity contribution in [1.29, 1.82) is 0 Å². The highest BCUT2D eigenvalue weighted by atomic mass is 16.7. The fourth-order valence-electron chi connectivity index (χ4n) is 2.37. The second-order valence-corrected chi connectivity index (χ2v) is 5.34. The molecule has 5 heteroatoms. The summed E-state index contributed by atoms with van der Waals surface area (Å²) in [5.41, 5.74) is 0.979. The molecule has 1 unspecified atom stereocenters. The smallest absolute Gasteiger partial charge is 0.269 e. The number of ether oxygens (including phenoxy) is 1. The molecule has 0 spiro atoms. The summed E-state index contributed by atoms with van der Waals surface area (Å²) in [6.07, 6.45) is 0.536. The summed E-state index contributed by atoms with van der Waals surface area (Å²) in [5.74, 6) is 0.715. The minimum Gasteiger partial charge on any atom is -0.497 e. The molecule has 5 nitrogen and oxygen atoms in total. The summed E-state index contributed by atoms with van der Waals surface area (Å²) < 4.78 is 5.18. The van der Waals surface area contributed by atoms with Gasteiger partial charge >= 0.3 is 0 Å². The number of amides is 1. The molecule has 20 heavy (non-hydrogen) atoms. The van der Waals surface area contributed by atoms with Crippen LogP contribution >= 0.6 is 0 Å². The standard InChI is InChI=1S/C15H20N2O3/c1-11-9-15(2,20-16-11)14(18)17(3)10-12-6-5-7-13(8-12)19-4/h5-8H,9-10H2,1-4H3. The molecule has 0 aromatic heterocycles. The van der Waals surface area contributed by atoms with Crippen molar-refractivity contribution in [2.24, 2.45) is 5.16 Å². The minimum absolute atomic E-state index is 0.0686. The molecule has 0 radical (unpaired) electrons. The van der Waals surface area contributed by atoms with E-state index in [9.17, 15) is 4.79 Å². The van der Waals surface area contributed by atoms with Crippen LogP contribution < -0.4 is 4.74 Å². The van der Waals surface area contributed by atoms with E-state index in [1.54, 1.807) is 26.0 Å². The number of benzene rings is 1. The van der Waals surface area contributed by atoms with Gasteiger partial charge in [-0.25, -0.2) is 0 Å². The van der Waals surface area contributed by atoms with Gasteiger partial charge in [-0.05, 0) is 31.5 Å². The Kier molecular flexibility index (Phi) is 3.97. The molecule has 0 bridgehead atoms. The van der Waals surface area contributed by atoms with E-state index in [0.29, 0.717) is 13.0 Å². The van der Waals surface area contributed by atoms with Crippen molar-refractivity contribution in [3.8, 4) is 5.75 Å². The third kappa shape index (κ3) is 2.92. The van der Waals surface area contributed by atoms with E-state index in [4.69, 9.17) is 9.57 Å². The highest BCUT2D eigenvalue weighted by molar-refractivity contribution is 5.94. The fourth-order valence-corrected chi connectivity index (χ4v) is 2.37. The Bertz CT molecular complexity index is 542. The van der Waals surface area contributed by atoms with Gasteiger partial charge in [0.2, 0.25) is 5.60 Å². The fraction of sp³-hybridized carbons (Fsp3) is 0.467. The lowest BCUT2D eigenvalue weighted by atomic mass is 9.98. The first-order valence-electron chi connectivity index (χ1n) is 6.55. The molecule has 0 N–H and O–H groups in total. The maximum atomic E-state index is 12.5. The van der Waals surface area contributed by atoms with E-state index in [2.05, 4.69) is 5.16 Å². The van der Waals surface area contributed by atoms with Crippen LogP contribution in [0.5, 0.6) is 5.75 Å². The summed E-state index contributed by atoms with van der Waals surface area (Å²) in [5, 5.41) is 3.88. The first-order valence-corrected chi connectivity index (χ1v) is 6.55. The number of methoxy groups -OCH3 is 1. The molecule has 1 aromatic carbocycles. The third-order valence-electron chi connectivity index (χ3n) is 3.35. The molecule has 0 aliphatic carbocycles. The van der Waals surface area contributed by atoms with E-state index in [-0.39, 0.29) is 5.91 Å². The van der Waals surface area contributed by atoms with Crippen LogP contribution in [0.15, 0.2) is 29.4 Å². The summed E-state index contributed by atoms with van der Waals surface area (Å²) in [4.78, 5) is 19.4. The number of hydrogen-bond acceptors (Lipinski definition) is 4. The van der Waals surface area contributed by atoms with Crippen molar-refractivity contribution in [3.63, 3.8) is 0 Å². The molecule has 1 aliphatic heterocycles. The molecule has 0 saturated carbocycles. The molecular weight excluding hydrogens is 256 g/mol. The lowest BCUT2D eigenvalue weighted by molar-refractivity contribution is -0.152. The SMILES string of the molecule is COc1cccc(CN(C)C(=O)C2(C)CC(C)=NO2)c1. The Labute approximate surface area is 119 Å². The second-order valence-electron chi connectivity index (χ2n) is 5.34. The Balaban J connectivity index is 2.04. The topological polar surface area (TPSA) is 51.1 Å². The molecule has 1 aromatic rings. The van der Waals surface area contributed by atoms with E-state index in [1.165, 1.54) is 0 Å². The Morgan fingerprint density at radius 3 is 2.90 bits per heavy atom. The van der Waals surface area contributed by atoms with Gasteiger partial charge in [0.15, 0.2) is 0 Å². The monoisotopic (exact) mass is 276 g/mol. The van der Waals surface area contributed by atoms with Crippen molar-refractivity contribution in [2.75, 3.05) is 14.2 Å². The van der Waals surface area contributed by atoms with E-state index in [0.717, 1.165) is 17.0 Å². The number of likely N-dealkylation sites (N-methyl/N-ethyl adjacent to an activating group) is 1. The maximum absolute atomic E-state index is 12.5. The number of nitrogens with zero attached hydrogens (tertiary/aromatic N) is 2. The highest BCUT2D eigenvalue weighted by Gasteiger charge is 2.42. The van der Waals surface area contributed by atoms with Crippen LogP contribution in [-0.4, -0.2) is 36.3 Å². The summed E-state index contributed by atoms with van der Waals surface area (Å²) >= 11 is 0. The number of carbonyl (C=O) groups excluding carboxylic acids is 1. The van der Waals surface area contributed by atoms with Crippen LogP contribution in [0, 0.1) is 0 Å². The van der Waals surface area contributed by atoms with Gasteiger partial charge in [-0.1, -0.05) is 17.3 Å². The molecule has 1 atom stereocenters. The van der Waals surface area contributed by atoms with E-state index in [1.807, 2.05) is 31.2 Å². The lowest BCUT2D eigenvalue weighted by Crippen LogP contribution is -2.45. The molecule has 1 aliphatic rings. The van der Waals surface area contributed by atoms with Crippen molar-refractivity contribution in [3.05, 3.63) is 29.8 Å². The number of oxime groups is 1. The Morgan fingerprint density at radius 2 is 2.30 bits per heavy atom. The number of hydrogen-bond donors (Lipinski definition) is 0. The van der Waals surface area contributed by atoms with Gasteiger partial charge in [0.25, 0.3) is 5.91 Å². The Morgan fingerprint density at radius 1 is 1.55 bits per heavy atom. The first-order chi connectivity index (χ1) is 9.44. The average Bonchev–Trinajstić information content (AvgIpc) is 2.79. The number of rotatable bonds is 4. The average molecular weight is 276 g/mol. The maximum Gasteiger partial charge on any atom is 0.269 e. The van der Waals surface area contributed by atoms with Gasteiger partial charge in [-0.2, -0.15) is 0 Å². The van der Waals surface area contributed by atoms with Gasteiger partial charge in [0.05, 0.1) is 12.8 Å². The summed E-state index contributed by atoms with van der Waals surface area (Å²) in [6.45, 7) is 4.14. The molecule has 0 saturated heterocycles. The lowest BCUT2D eigenvalue weighted by Gasteiger charge is -2.27. The van der Waals surface area contributed by atoms with E-state index >= 15 is 0 Å². The quantitative estimate of drug-likeness (QED) is 0.847. The van der Waals surface area contributed by atoms with Crippen molar-refractivity contribution in [1.82, 2.24) is 4.90 Å². The largest absolute Gasteiger partial charge is 0.497 e. The van der Waals surface area contributed by atoms with Crippen LogP contribution in [0.25, 0.3) is 0 Å². The zero-order valence-corrected chi connectivity index (χ0v) is 12.3. The molecular formula is C15H20N2O3. The van der Waals surface area contributed by atoms with Gasteiger partial charge < -0.3 is 14.5 Å². The van der Waals surface area contributed by atoms with Crippen LogP contribution in [-0.2, 0) is 16.2 Å². The zero-order chi connectivity index (χ0) is 14.8. The third-order valence-corrected chi connectivity index (χ3v) is 3.35.